The average Bonchev–Trinajstić information content (AvgIpc) is 3.09. The molecular formula is C17H16N2O3S. The molecule has 0 spiro atoms. The largest absolute Gasteiger partial charge is 0.450 e. The van der Waals surface area contributed by atoms with E-state index in [9.17, 15) is 9.59 Å². The number of carbonyl (C=O) groups is 2. The van der Waals surface area contributed by atoms with Crippen molar-refractivity contribution in [1.29, 1.82) is 0 Å². The van der Waals surface area contributed by atoms with Crippen LogP contribution in [0.5, 0.6) is 0 Å². The number of Topliss-reactive ketones (excluding diaryl/α,β-unsaturated/α-hetero) is 1. The number of aromatic nitrogens is 2. The van der Waals surface area contributed by atoms with Crippen molar-refractivity contribution in [3.63, 3.8) is 0 Å². The first-order valence-corrected chi connectivity index (χ1v) is 8.04. The predicted molar refractivity (Wildman–Crippen MR) is 89.1 cm³/mol. The number of ether oxygens (including phenoxy) is 1. The molecule has 23 heavy (non-hydrogen) atoms. The molecule has 3 rings (SSSR count). The third kappa shape index (κ3) is 2.90. The second-order valence-corrected chi connectivity index (χ2v) is 6.51. The van der Waals surface area contributed by atoms with Crippen molar-refractivity contribution in [3.8, 4) is 0 Å². The molecule has 6 heteroatoms. The summed E-state index contributed by atoms with van der Waals surface area (Å²) in [6.07, 6.45) is 0.794. The number of esters is 1. The number of nitrogens with zero attached hydrogens (tertiary/aromatic N) is 1. The van der Waals surface area contributed by atoms with Crippen LogP contribution in [0.1, 0.15) is 37.7 Å². The normalized spacial score (nSPS) is 12.3. The molecule has 0 aliphatic heterocycles. The molecule has 5 nitrogen and oxygen atoms in total. The monoisotopic (exact) mass is 328 g/mol. The topological polar surface area (TPSA) is 72.0 Å². The van der Waals surface area contributed by atoms with Gasteiger partial charge in [-0.1, -0.05) is 18.2 Å². The van der Waals surface area contributed by atoms with Gasteiger partial charge in [0.05, 0.1) is 10.7 Å². The summed E-state index contributed by atoms with van der Waals surface area (Å²) in [5.41, 5.74) is 2.03. The summed E-state index contributed by atoms with van der Waals surface area (Å²) in [5, 5.41) is 1.62. The van der Waals surface area contributed by atoms with Crippen LogP contribution in [-0.4, -0.2) is 27.8 Å². The van der Waals surface area contributed by atoms with Gasteiger partial charge in [-0.3, -0.25) is 4.79 Å². The number of benzene rings is 1. The SMILES string of the molecule is Cc1nc(C)c(C(=O)O[C@H](C)C(=O)c2c[nH]c3ccccc23)s1. The number of hydrogen-bond donors (Lipinski definition) is 1. The Morgan fingerprint density at radius 3 is 2.70 bits per heavy atom. The van der Waals surface area contributed by atoms with E-state index in [2.05, 4.69) is 9.97 Å². The molecular weight excluding hydrogens is 312 g/mol. The third-order valence-electron chi connectivity index (χ3n) is 3.60. The highest BCUT2D eigenvalue weighted by Crippen LogP contribution is 2.22. The fourth-order valence-electron chi connectivity index (χ4n) is 2.48. The average molecular weight is 328 g/mol. The van der Waals surface area contributed by atoms with E-state index in [1.165, 1.54) is 11.3 Å². The lowest BCUT2D eigenvalue weighted by Crippen LogP contribution is -2.24. The van der Waals surface area contributed by atoms with E-state index in [4.69, 9.17) is 4.74 Å². The van der Waals surface area contributed by atoms with Gasteiger partial charge in [0.1, 0.15) is 4.88 Å². The molecule has 1 aromatic carbocycles. The van der Waals surface area contributed by atoms with E-state index in [1.807, 2.05) is 31.2 Å². The molecule has 1 atom stereocenters. The minimum Gasteiger partial charge on any atom is -0.450 e. The lowest BCUT2D eigenvalue weighted by Gasteiger charge is -2.11. The highest BCUT2D eigenvalue weighted by atomic mass is 32.1. The molecule has 2 heterocycles. The molecule has 0 aliphatic carbocycles. The number of rotatable bonds is 4. The fraction of sp³-hybridized carbons (Fsp3) is 0.235. The van der Waals surface area contributed by atoms with Crippen molar-refractivity contribution < 1.29 is 14.3 Å². The van der Waals surface area contributed by atoms with E-state index in [1.54, 1.807) is 20.0 Å². The third-order valence-corrected chi connectivity index (χ3v) is 4.65. The Kier molecular flexibility index (Phi) is 4.00. The Morgan fingerprint density at radius 1 is 1.26 bits per heavy atom. The Balaban J connectivity index is 1.80. The highest BCUT2D eigenvalue weighted by Gasteiger charge is 2.24. The molecule has 118 valence electrons. The number of para-hydroxylation sites is 1. The van der Waals surface area contributed by atoms with Gasteiger partial charge in [0, 0.05) is 22.7 Å². The Morgan fingerprint density at radius 2 is 2.00 bits per heavy atom. The zero-order valence-corrected chi connectivity index (χ0v) is 13.9. The quantitative estimate of drug-likeness (QED) is 0.586. The first kappa shape index (κ1) is 15.4. The Hall–Kier alpha value is -2.47. The number of nitrogens with one attached hydrogen (secondary N) is 1. The maximum absolute atomic E-state index is 12.6. The van der Waals surface area contributed by atoms with Crippen LogP contribution in [0.4, 0.5) is 0 Å². The number of aryl methyl sites for hydroxylation is 2. The first-order chi connectivity index (χ1) is 11.0. The lowest BCUT2D eigenvalue weighted by molar-refractivity contribution is 0.0323. The summed E-state index contributed by atoms with van der Waals surface area (Å²) < 4.78 is 5.33. The van der Waals surface area contributed by atoms with E-state index >= 15 is 0 Å². The van der Waals surface area contributed by atoms with Crippen molar-refractivity contribution in [2.75, 3.05) is 0 Å². The second kappa shape index (κ2) is 5.96. The van der Waals surface area contributed by atoms with Crippen LogP contribution >= 0.6 is 11.3 Å². The fourth-order valence-corrected chi connectivity index (χ4v) is 3.29. The predicted octanol–water partition coefficient (Wildman–Crippen LogP) is 3.67. The smallest absolute Gasteiger partial charge is 0.350 e. The van der Waals surface area contributed by atoms with Crippen LogP contribution in [0.3, 0.4) is 0 Å². The molecule has 3 aromatic rings. The Labute approximate surface area is 137 Å². The van der Waals surface area contributed by atoms with Crippen molar-refractivity contribution in [1.82, 2.24) is 9.97 Å². The Bertz CT molecular complexity index is 894. The van der Waals surface area contributed by atoms with Gasteiger partial charge in [-0.2, -0.15) is 0 Å². The van der Waals surface area contributed by atoms with Crippen LogP contribution in [0.15, 0.2) is 30.5 Å². The molecule has 0 unspecified atom stereocenters. The molecule has 0 aliphatic rings. The summed E-state index contributed by atoms with van der Waals surface area (Å²) in [7, 11) is 0. The highest BCUT2D eigenvalue weighted by molar-refractivity contribution is 7.13. The number of thiazole rings is 1. The van der Waals surface area contributed by atoms with E-state index < -0.39 is 12.1 Å². The van der Waals surface area contributed by atoms with Gasteiger partial charge < -0.3 is 9.72 Å². The van der Waals surface area contributed by atoms with Gasteiger partial charge in [-0.15, -0.1) is 11.3 Å². The minimum absolute atomic E-state index is 0.227. The van der Waals surface area contributed by atoms with Crippen molar-refractivity contribution in [2.45, 2.75) is 26.9 Å². The maximum atomic E-state index is 12.6. The number of hydrogen-bond acceptors (Lipinski definition) is 5. The number of H-pyrrole nitrogens is 1. The molecule has 0 amide bonds. The van der Waals surface area contributed by atoms with Crippen molar-refractivity contribution in [2.24, 2.45) is 0 Å². The maximum Gasteiger partial charge on any atom is 0.350 e. The van der Waals surface area contributed by atoms with Gasteiger partial charge in [0.25, 0.3) is 0 Å². The van der Waals surface area contributed by atoms with Crippen LogP contribution in [-0.2, 0) is 4.74 Å². The molecule has 0 radical (unpaired) electrons. The van der Waals surface area contributed by atoms with Crippen LogP contribution in [0.2, 0.25) is 0 Å². The van der Waals surface area contributed by atoms with Gasteiger partial charge in [0.15, 0.2) is 6.10 Å². The first-order valence-electron chi connectivity index (χ1n) is 7.22. The summed E-state index contributed by atoms with van der Waals surface area (Å²) >= 11 is 1.27. The number of fused-ring (bicyclic) bond motifs is 1. The number of ketones is 1. The molecule has 1 N–H and O–H groups in total. The molecule has 0 fully saturated rings. The zero-order chi connectivity index (χ0) is 16.6. The molecule has 2 aromatic heterocycles. The van der Waals surface area contributed by atoms with Crippen molar-refractivity contribution in [3.05, 3.63) is 51.6 Å². The summed E-state index contributed by atoms with van der Waals surface area (Å²) in [4.78, 5) is 32.5. The van der Waals surface area contributed by atoms with E-state index in [0.717, 1.165) is 15.9 Å². The molecule has 0 saturated heterocycles. The van der Waals surface area contributed by atoms with Gasteiger partial charge in [0.2, 0.25) is 5.78 Å². The van der Waals surface area contributed by atoms with E-state index in [0.29, 0.717) is 16.1 Å². The minimum atomic E-state index is -0.858. The lowest BCUT2D eigenvalue weighted by atomic mass is 10.1. The second-order valence-electron chi connectivity index (χ2n) is 5.31. The summed E-state index contributed by atoms with van der Waals surface area (Å²) in [6, 6.07) is 7.52. The van der Waals surface area contributed by atoms with Gasteiger partial charge >= 0.3 is 5.97 Å². The van der Waals surface area contributed by atoms with Crippen molar-refractivity contribution >= 4 is 34.0 Å². The van der Waals surface area contributed by atoms with E-state index in [-0.39, 0.29) is 5.78 Å². The van der Waals surface area contributed by atoms with Crippen LogP contribution in [0, 0.1) is 13.8 Å². The summed E-state index contributed by atoms with van der Waals surface area (Å²) in [6.45, 7) is 5.17. The number of aromatic amines is 1. The number of carbonyl (C=O) groups excluding carboxylic acids is 2. The zero-order valence-electron chi connectivity index (χ0n) is 13.0. The molecule has 0 bridgehead atoms. The van der Waals surface area contributed by atoms with Gasteiger partial charge in [-0.25, -0.2) is 9.78 Å². The van der Waals surface area contributed by atoms with Gasteiger partial charge in [-0.05, 0) is 26.8 Å². The summed E-state index contributed by atoms with van der Waals surface area (Å²) in [5.74, 6) is -0.733. The van der Waals surface area contributed by atoms with Crippen LogP contribution in [0.25, 0.3) is 10.9 Å². The molecule has 0 saturated carbocycles. The van der Waals surface area contributed by atoms with Crippen LogP contribution < -0.4 is 0 Å². The standard InChI is InChI=1S/C17H16N2O3S/c1-9-16(23-11(3)19-9)17(21)22-10(2)15(20)13-8-18-14-7-5-4-6-12(13)14/h4-8,10,18H,1-3H3/t10-/m1/s1.